The second-order valence-corrected chi connectivity index (χ2v) is 6.21. The summed E-state index contributed by atoms with van der Waals surface area (Å²) >= 11 is 5.11. The van der Waals surface area contributed by atoms with E-state index in [1.54, 1.807) is 6.08 Å². The Morgan fingerprint density at radius 3 is 2.36 bits per heavy atom. The number of aryl methyl sites for hydroxylation is 1. The fourth-order valence-corrected chi connectivity index (χ4v) is 2.95. The summed E-state index contributed by atoms with van der Waals surface area (Å²) in [7, 11) is 1.91. The van der Waals surface area contributed by atoms with Gasteiger partial charge in [-0.15, -0.1) is 0 Å². The first-order valence-corrected chi connectivity index (χ1v) is 8.00. The van der Waals surface area contributed by atoms with Crippen LogP contribution in [-0.4, -0.2) is 21.5 Å². The molecule has 0 aliphatic carbocycles. The summed E-state index contributed by atoms with van der Waals surface area (Å²) in [5.74, 6) is -1.51. The van der Waals surface area contributed by atoms with Gasteiger partial charge in [0.25, 0.3) is 11.8 Å². The molecule has 1 aliphatic heterocycles. The Balaban J connectivity index is 2.05. The van der Waals surface area contributed by atoms with Crippen LogP contribution in [0.2, 0.25) is 0 Å². The predicted octanol–water partition coefficient (Wildman–Crippen LogP) is 2.61. The van der Waals surface area contributed by atoms with Crippen LogP contribution < -0.4 is 10.2 Å². The molecule has 5 nitrogen and oxygen atoms in total. The highest BCUT2D eigenvalue weighted by molar-refractivity contribution is 7.80. The molecule has 2 heterocycles. The van der Waals surface area contributed by atoms with Crippen LogP contribution in [0, 0.1) is 19.7 Å². The number of benzene rings is 1. The lowest BCUT2D eigenvalue weighted by atomic mass is 10.1. The quantitative estimate of drug-likeness (QED) is 0.511. The number of halogens is 1. The summed E-state index contributed by atoms with van der Waals surface area (Å²) in [6.45, 7) is 3.85. The predicted molar refractivity (Wildman–Crippen MR) is 97.5 cm³/mol. The van der Waals surface area contributed by atoms with Gasteiger partial charge < -0.3 is 4.57 Å². The molecule has 25 heavy (non-hydrogen) atoms. The van der Waals surface area contributed by atoms with Gasteiger partial charge in [0.05, 0.1) is 5.69 Å². The highest BCUT2D eigenvalue weighted by Crippen LogP contribution is 2.24. The number of carbonyl (C=O) groups excluding carboxylic acids is 2. The molecule has 7 heteroatoms. The van der Waals surface area contributed by atoms with Crippen LogP contribution in [0.15, 0.2) is 35.9 Å². The SMILES string of the molecule is Cc1cc(C=C2C(=O)NC(=S)N(c3ccc(F)cc3)C2=O)c(C)n1C. The molecule has 0 spiro atoms. The van der Waals surface area contributed by atoms with Gasteiger partial charge in [-0.25, -0.2) is 4.39 Å². The fourth-order valence-electron chi connectivity index (χ4n) is 2.67. The van der Waals surface area contributed by atoms with E-state index in [1.165, 1.54) is 29.2 Å². The van der Waals surface area contributed by atoms with E-state index >= 15 is 0 Å². The Morgan fingerprint density at radius 1 is 1.16 bits per heavy atom. The Kier molecular flexibility index (Phi) is 4.26. The molecule has 128 valence electrons. The molecule has 0 saturated carbocycles. The summed E-state index contributed by atoms with van der Waals surface area (Å²) in [5.41, 5.74) is 3.10. The van der Waals surface area contributed by atoms with Gasteiger partial charge in [-0.3, -0.25) is 19.8 Å². The second kappa shape index (κ2) is 6.25. The van der Waals surface area contributed by atoms with E-state index in [-0.39, 0.29) is 10.7 Å². The van der Waals surface area contributed by atoms with E-state index in [2.05, 4.69) is 5.32 Å². The Morgan fingerprint density at radius 2 is 1.80 bits per heavy atom. The van der Waals surface area contributed by atoms with Gasteiger partial charge in [-0.1, -0.05) is 0 Å². The Bertz CT molecular complexity index is 929. The standard InChI is InChI=1S/C18H16FN3O2S/c1-10-8-12(11(2)21(10)3)9-15-16(23)20-18(25)22(17(15)24)14-6-4-13(19)5-7-14/h4-9H,1-3H3,(H,20,23,25). The molecule has 3 rings (SSSR count). The lowest BCUT2D eigenvalue weighted by Crippen LogP contribution is -2.54. The third-order valence-corrected chi connectivity index (χ3v) is 4.59. The summed E-state index contributed by atoms with van der Waals surface area (Å²) in [6, 6.07) is 7.24. The van der Waals surface area contributed by atoms with Crippen LogP contribution in [0.25, 0.3) is 6.08 Å². The largest absolute Gasteiger partial charge is 0.352 e. The molecule has 0 bridgehead atoms. The average Bonchev–Trinajstić information content (AvgIpc) is 2.80. The molecule has 1 aromatic heterocycles. The van der Waals surface area contributed by atoms with E-state index in [9.17, 15) is 14.0 Å². The summed E-state index contributed by atoms with van der Waals surface area (Å²) < 4.78 is 15.1. The van der Waals surface area contributed by atoms with Gasteiger partial charge in [0.15, 0.2) is 5.11 Å². The number of thiocarbonyl (C=S) groups is 1. The minimum absolute atomic E-state index is 0.0216. The normalized spacial score (nSPS) is 16.6. The van der Waals surface area contributed by atoms with Crippen molar-refractivity contribution in [3.63, 3.8) is 0 Å². The molecule has 1 saturated heterocycles. The average molecular weight is 357 g/mol. The molecule has 0 unspecified atom stereocenters. The Labute approximate surface area is 149 Å². The van der Waals surface area contributed by atoms with Crippen molar-refractivity contribution >= 4 is 40.9 Å². The molecule has 1 aromatic carbocycles. The summed E-state index contributed by atoms with van der Waals surface area (Å²) in [5, 5.41) is 2.48. The first-order chi connectivity index (χ1) is 11.8. The van der Waals surface area contributed by atoms with Crippen molar-refractivity contribution in [1.82, 2.24) is 9.88 Å². The van der Waals surface area contributed by atoms with Crippen molar-refractivity contribution in [3.05, 3.63) is 58.7 Å². The minimum Gasteiger partial charge on any atom is -0.352 e. The number of hydrogen-bond donors (Lipinski definition) is 1. The first kappa shape index (κ1) is 17.0. The van der Waals surface area contributed by atoms with E-state index in [0.29, 0.717) is 5.69 Å². The highest BCUT2D eigenvalue weighted by Gasteiger charge is 2.34. The fraction of sp³-hybridized carbons (Fsp3) is 0.167. The number of rotatable bonds is 2. The lowest BCUT2D eigenvalue weighted by Gasteiger charge is -2.28. The summed E-state index contributed by atoms with van der Waals surface area (Å²) in [6.07, 6.45) is 1.55. The molecule has 0 atom stereocenters. The minimum atomic E-state index is -0.547. The number of hydrogen-bond acceptors (Lipinski definition) is 3. The topological polar surface area (TPSA) is 54.3 Å². The smallest absolute Gasteiger partial charge is 0.270 e. The molecule has 2 amide bonds. The molecule has 1 fully saturated rings. The molecule has 1 aliphatic rings. The van der Waals surface area contributed by atoms with Crippen LogP contribution in [0.3, 0.4) is 0 Å². The number of nitrogens with zero attached hydrogens (tertiary/aromatic N) is 2. The number of nitrogens with one attached hydrogen (secondary N) is 1. The van der Waals surface area contributed by atoms with E-state index < -0.39 is 17.6 Å². The zero-order valence-corrected chi connectivity index (χ0v) is 14.8. The maximum Gasteiger partial charge on any atom is 0.270 e. The number of aromatic nitrogens is 1. The summed E-state index contributed by atoms with van der Waals surface area (Å²) in [4.78, 5) is 26.3. The zero-order valence-electron chi connectivity index (χ0n) is 14.0. The first-order valence-electron chi connectivity index (χ1n) is 7.59. The van der Waals surface area contributed by atoms with Crippen molar-refractivity contribution in [2.24, 2.45) is 7.05 Å². The third kappa shape index (κ3) is 2.98. The van der Waals surface area contributed by atoms with Crippen LogP contribution in [0.5, 0.6) is 0 Å². The Hall–Kier alpha value is -2.80. The van der Waals surface area contributed by atoms with Crippen molar-refractivity contribution in [2.75, 3.05) is 4.90 Å². The zero-order chi connectivity index (χ0) is 18.3. The van der Waals surface area contributed by atoms with Gasteiger partial charge in [0.2, 0.25) is 0 Å². The second-order valence-electron chi connectivity index (χ2n) is 5.82. The van der Waals surface area contributed by atoms with Crippen LogP contribution in [0.4, 0.5) is 10.1 Å². The van der Waals surface area contributed by atoms with E-state index in [0.717, 1.165) is 17.0 Å². The van der Waals surface area contributed by atoms with Gasteiger partial charge in [0.1, 0.15) is 11.4 Å². The van der Waals surface area contributed by atoms with Gasteiger partial charge >= 0.3 is 0 Å². The third-order valence-electron chi connectivity index (χ3n) is 4.30. The number of amides is 2. The monoisotopic (exact) mass is 357 g/mol. The van der Waals surface area contributed by atoms with E-state index in [4.69, 9.17) is 12.2 Å². The van der Waals surface area contributed by atoms with Crippen molar-refractivity contribution in [2.45, 2.75) is 13.8 Å². The molecule has 0 radical (unpaired) electrons. The van der Waals surface area contributed by atoms with Gasteiger partial charge in [0, 0.05) is 18.4 Å². The lowest BCUT2D eigenvalue weighted by molar-refractivity contribution is -0.122. The van der Waals surface area contributed by atoms with Crippen molar-refractivity contribution < 1.29 is 14.0 Å². The molecular weight excluding hydrogens is 341 g/mol. The van der Waals surface area contributed by atoms with Crippen molar-refractivity contribution in [1.29, 1.82) is 0 Å². The molecule has 1 N–H and O–H groups in total. The van der Waals surface area contributed by atoms with Gasteiger partial charge in [-0.2, -0.15) is 0 Å². The van der Waals surface area contributed by atoms with Crippen LogP contribution in [0.1, 0.15) is 17.0 Å². The van der Waals surface area contributed by atoms with Crippen LogP contribution in [-0.2, 0) is 16.6 Å². The number of anilines is 1. The van der Waals surface area contributed by atoms with Crippen LogP contribution >= 0.6 is 12.2 Å². The maximum absolute atomic E-state index is 13.1. The van der Waals surface area contributed by atoms with Crippen molar-refractivity contribution in [3.8, 4) is 0 Å². The highest BCUT2D eigenvalue weighted by atomic mass is 32.1. The number of carbonyl (C=O) groups is 2. The molecule has 2 aromatic rings. The van der Waals surface area contributed by atoms with Gasteiger partial charge in [-0.05, 0) is 68.0 Å². The maximum atomic E-state index is 13.1. The molecular formula is C18H16FN3O2S. The van der Waals surface area contributed by atoms with E-state index in [1.807, 2.05) is 31.5 Å².